The highest BCUT2D eigenvalue weighted by Gasteiger charge is 2.41. The Hall–Kier alpha value is -1.89. The number of aliphatic carboxylic acids is 1. The molecular weight excluding hydrogens is 294 g/mol. The van der Waals surface area contributed by atoms with Gasteiger partial charge in [-0.25, -0.2) is 8.42 Å². The predicted molar refractivity (Wildman–Crippen MR) is 75.2 cm³/mol. The van der Waals surface area contributed by atoms with Crippen LogP contribution in [-0.4, -0.2) is 31.7 Å². The minimum Gasteiger partial charge on any atom is -0.481 e. The molecule has 1 fully saturated rings. The Kier molecular flexibility index (Phi) is 4.32. The van der Waals surface area contributed by atoms with Crippen molar-refractivity contribution in [2.45, 2.75) is 24.3 Å². The summed E-state index contributed by atoms with van der Waals surface area (Å²) in [5.41, 5.74) is 0.766. The molecule has 1 aromatic carbocycles. The van der Waals surface area contributed by atoms with Gasteiger partial charge in [0.1, 0.15) is 0 Å². The van der Waals surface area contributed by atoms with Gasteiger partial charge in [0, 0.05) is 12.8 Å². The van der Waals surface area contributed by atoms with E-state index in [4.69, 9.17) is 5.11 Å². The van der Waals surface area contributed by atoms with Crippen molar-refractivity contribution >= 4 is 21.7 Å². The summed E-state index contributed by atoms with van der Waals surface area (Å²) in [5, 5.41) is 11.6. The van der Waals surface area contributed by atoms with E-state index in [1.807, 2.05) is 0 Å². The van der Waals surface area contributed by atoms with E-state index in [0.29, 0.717) is 12.8 Å². The van der Waals surface area contributed by atoms with E-state index in [2.05, 4.69) is 5.32 Å². The molecule has 1 aliphatic carbocycles. The molecular formula is C14H17NO5S. The highest BCUT2D eigenvalue weighted by molar-refractivity contribution is 7.90. The smallest absolute Gasteiger partial charge is 0.307 e. The van der Waals surface area contributed by atoms with Gasteiger partial charge in [0.15, 0.2) is 9.84 Å². The zero-order valence-electron chi connectivity index (χ0n) is 11.6. The van der Waals surface area contributed by atoms with E-state index < -0.39 is 27.6 Å². The Bertz CT molecular complexity index is 650. The Labute approximate surface area is 123 Å². The van der Waals surface area contributed by atoms with Crippen molar-refractivity contribution in [3.63, 3.8) is 0 Å². The largest absolute Gasteiger partial charge is 0.481 e. The summed E-state index contributed by atoms with van der Waals surface area (Å²) >= 11 is 0. The molecule has 2 atom stereocenters. The lowest BCUT2D eigenvalue weighted by molar-refractivity contribution is -0.152. The average Bonchev–Trinajstić information content (AvgIpc) is 2.33. The van der Waals surface area contributed by atoms with Gasteiger partial charge < -0.3 is 10.4 Å². The van der Waals surface area contributed by atoms with Gasteiger partial charge >= 0.3 is 5.97 Å². The number of hydrogen-bond donors (Lipinski definition) is 2. The summed E-state index contributed by atoms with van der Waals surface area (Å²) in [4.78, 5) is 23.0. The second kappa shape index (κ2) is 5.85. The van der Waals surface area contributed by atoms with Gasteiger partial charge in [0.2, 0.25) is 5.91 Å². The van der Waals surface area contributed by atoms with Crippen LogP contribution < -0.4 is 5.32 Å². The summed E-state index contributed by atoms with van der Waals surface area (Å²) < 4.78 is 22.6. The molecule has 0 aromatic heterocycles. The molecule has 1 saturated carbocycles. The van der Waals surface area contributed by atoms with Gasteiger partial charge in [-0.15, -0.1) is 0 Å². The number of amides is 1. The SMILES string of the molecule is CS(=O)(=O)c1ccc(CNC(=O)C2CCC2C(=O)O)cc1. The van der Waals surface area contributed by atoms with Gasteiger partial charge in [-0.2, -0.15) is 0 Å². The maximum Gasteiger partial charge on any atom is 0.307 e. The number of carboxylic acid groups (broad SMARTS) is 1. The van der Waals surface area contributed by atoms with Crippen LogP contribution in [0.5, 0.6) is 0 Å². The second-order valence-electron chi connectivity index (χ2n) is 5.26. The van der Waals surface area contributed by atoms with E-state index >= 15 is 0 Å². The predicted octanol–water partition coefficient (Wildman–Crippen LogP) is 0.817. The van der Waals surface area contributed by atoms with E-state index in [9.17, 15) is 18.0 Å². The maximum atomic E-state index is 11.9. The standard InChI is InChI=1S/C14H17NO5S/c1-21(19,20)10-4-2-9(3-5-10)8-15-13(16)11-6-7-12(11)14(17)18/h2-5,11-12H,6-8H2,1H3,(H,15,16)(H,17,18). The monoisotopic (exact) mass is 311 g/mol. The molecule has 2 rings (SSSR count). The van der Waals surface area contributed by atoms with Crippen molar-refractivity contribution in [1.29, 1.82) is 0 Å². The first-order chi connectivity index (χ1) is 9.79. The molecule has 2 N–H and O–H groups in total. The fourth-order valence-corrected chi connectivity index (χ4v) is 2.91. The first-order valence-electron chi connectivity index (χ1n) is 6.58. The average molecular weight is 311 g/mol. The molecule has 1 aliphatic rings. The Morgan fingerprint density at radius 1 is 1.19 bits per heavy atom. The highest BCUT2D eigenvalue weighted by atomic mass is 32.2. The number of benzene rings is 1. The van der Waals surface area contributed by atoms with E-state index in [1.165, 1.54) is 12.1 Å². The molecule has 6 nitrogen and oxygen atoms in total. The third-order valence-corrected chi connectivity index (χ3v) is 4.88. The van der Waals surface area contributed by atoms with Crippen LogP contribution in [0.2, 0.25) is 0 Å². The highest BCUT2D eigenvalue weighted by Crippen LogP contribution is 2.34. The lowest BCUT2D eigenvalue weighted by Crippen LogP contribution is -2.43. The molecule has 2 unspecified atom stereocenters. The van der Waals surface area contributed by atoms with Crippen LogP contribution in [0.1, 0.15) is 18.4 Å². The van der Waals surface area contributed by atoms with Gasteiger partial charge in [0.25, 0.3) is 0 Å². The van der Waals surface area contributed by atoms with Crippen LogP contribution >= 0.6 is 0 Å². The number of nitrogens with one attached hydrogen (secondary N) is 1. The van der Waals surface area contributed by atoms with Crippen molar-refractivity contribution in [2.75, 3.05) is 6.26 Å². The Morgan fingerprint density at radius 3 is 2.19 bits per heavy atom. The number of carbonyl (C=O) groups is 2. The Balaban J connectivity index is 1.91. The van der Waals surface area contributed by atoms with Gasteiger partial charge in [-0.05, 0) is 30.5 Å². The lowest BCUT2D eigenvalue weighted by atomic mass is 9.73. The topological polar surface area (TPSA) is 101 Å². The molecule has 1 aromatic rings. The van der Waals surface area contributed by atoms with Crippen molar-refractivity contribution in [1.82, 2.24) is 5.32 Å². The molecule has 0 heterocycles. The lowest BCUT2D eigenvalue weighted by Gasteiger charge is -2.31. The maximum absolute atomic E-state index is 11.9. The van der Waals surface area contributed by atoms with Gasteiger partial charge in [-0.1, -0.05) is 12.1 Å². The van der Waals surface area contributed by atoms with Crippen molar-refractivity contribution in [3.8, 4) is 0 Å². The minimum atomic E-state index is -3.23. The van der Waals surface area contributed by atoms with Crippen LogP contribution in [0.15, 0.2) is 29.2 Å². The van der Waals surface area contributed by atoms with Gasteiger partial charge in [0.05, 0.1) is 16.7 Å². The second-order valence-corrected chi connectivity index (χ2v) is 7.28. The summed E-state index contributed by atoms with van der Waals surface area (Å²) in [5.74, 6) is -2.24. The summed E-state index contributed by atoms with van der Waals surface area (Å²) in [7, 11) is -3.23. The molecule has 21 heavy (non-hydrogen) atoms. The van der Waals surface area contributed by atoms with Crippen molar-refractivity contribution in [2.24, 2.45) is 11.8 Å². The summed E-state index contributed by atoms with van der Waals surface area (Å²) in [6, 6.07) is 6.23. The third kappa shape index (κ3) is 3.60. The van der Waals surface area contributed by atoms with Crippen molar-refractivity contribution < 1.29 is 23.1 Å². The molecule has 0 radical (unpaired) electrons. The van der Waals surface area contributed by atoms with Crippen LogP contribution in [0.3, 0.4) is 0 Å². The third-order valence-electron chi connectivity index (χ3n) is 3.75. The zero-order chi connectivity index (χ0) is 15.6. The summed E-state index contributed by atoms with van der Waals surface area (Å²) in [6.07, 6.45) is 2.26. The number of carbonyl (C=O) groups excluding carboxylic acids is 1. The first kappa shape index (κ1) is 15.5. The molecule has 0 saturated heterocycles. The number of hydrogen-bond acceptors (Lipinski definition) is 4. The number of rotatable bonds is 5. The fourth-order valence-electron chi connectivity index (χ4n) is 2.28. The summed E-state index contributed by atoms with van der Waals surface area (Å²) in [6.45, 7) is 0.256. The first-order valence-corrected chi connectivity index (χ1v) is 8.47. The van der Waals surface area contributed by atoms with Crippen molar-refractivity contribution in [3.05, 3.63) is 29.8 Å². The quantitative estimate of drug-likeness (QED) is 0.838. The number of carboxylic acids is 1. The van der Waals surface area contributed by atoms with Crippen LogP contribution in [0.4, 0.5) is 0 Å². The molecule has 0 aliphatic heterocycles. The van der Waals surface area contributed by atoms with E-state index in [0.717, 1.165) is 11.8 Å². The molecule has 0 bridgehead atoms. The molecule has 114 valence electrons. The number of sulfone groups is 1. The fraction of sp³-hybridized carbons (Fsp3) is 0.429. The van der Waals surface area contributed by atoms with E-state index in [1.54, 1.807) is 12.1 Å². The minimum absolute atomic E-state index is 0.225. The molecule has 0 spiro atoms. The van der Waals surface area contributed by atoms with Gasteiger partial charge in [-0.3, -0.25) is 9.59 Å². The van der Waals surface area contributed by atoms with Crippen LogP contribution in [0.25, 0.3) is 0 Å². The van der Waals surface area contributed by atoms with Crippen LogP contribution in [-0.2, 0) is 26.0 Å². The molecule has 7 heteroatoms. The van der Waals surface area contributed by atoms with Crippen LogP contribution in [0, 0.1) is 11.8 Å². The molecule has 1 amide bonds. The van der Waals surface area contributed by atoms with E-state index in [-0.39, 0.29) is 17.3 Å². The zero-order valence-corrected chi connectivity index (χ0v) is 12.4. The normalized spacial score (nSPS) is 21.4. The Morgan fingerprint density at radius 2 is 1.76 bits per heavy atom.